The highest BCUT2D eigenvalue weighted by Gasteiger charge is 1.98. The fraction of sp³-hybridized carbons (Fsp3) is 0.182. The molecule has 0 saturated heterocycles. The molecule has 0 heterocycles. The minimum Gasteiger partial charge on any atom is -0.490 e. The molecule has 0 amide bonds. The molecule has 6 heteroatoms. The van der Waals surface area contributed by atoms with Crippen LogP contribution >= 0.6 is 0 Å². The van der Waals surface area contributed by atoms with Gasteiger partial charge in [0.25, 0.3) is 0 Å². The number of benzene rings is 3. The van der Waals surface area contributed by atoms with Gasteiger partial charge in [0, 0.05) is 7.05 Å². The quantitative estimate of drug-likeness (QED) is 0.290. The Morgan fingerprint density at radius 1 is 0.679 bits per heavy atom. The van der Waals surface area contributed by atoms with Gasteiger partial charge in [-0.25, -0.2) is 0 Å². The number of aryl methyl sites for hydroxylation is 1. The van der Waals surface area contributed by atoms with E-state index in [2.05, 4.69) is 40.1 Å². The van der Waals surface area contributed by atoms with E-state index in [1.165, 1.54) is 5.56 Å². The summed E-state index contributed by atoms with van der Waals surface area (Å²) in [5.41, 5.74) is 10.3. The Morgan fingerprint density at radius 3 is 1.64 bits per heavy atom. The molecule has 0 atom stereocenters. The van der Waals surface area contributed by atoms with Crippen LogP contribution in [0.3, 0.4) is 0 Å². The molecule has 28 heavy (non-hydrogen) atoms. The molecule has 0 radical (unpaired) electrons. The Morgan fingerprint density at radius 2 is 1.14 bits per heavy atom. The molecule has 0 aliphatic heterocycles. The molecule has 0 spiro atoms. The van der Waals surface area contributed by atoms with Crippen LogP contribution in [0.4, 0.5) is 17.1 Å². The van der Waals surface area contributed by atoms with Crippen LogP contribution in [0, 0.1) is 6.92 Å². The lowest BCUT2D eigenvalue weighted by atomic mass is 10.2. The van der Waals surface area contributed by atoms with Gasteiger partial charge in [-0.3, -0.25) is 0 Å². The van der Waals surface area contributed by atoms with Crippen molar-refractivity contribution in [2.24, 2.45) is 10.2 Å². The monoisotopic (exact) mass is 376 g/mol. The highest BCUT2D eigenvalue weighted by Crippen LogP contribution is 2.19. The zero-order chi connectivity index (χ0) is 19.6. The van der Waals surface area contributed by atoms with Gasteiger partial charge in [0.05, 0.1) is 17.1 Å². The first-order valence-corrected chi connectivity index (χ1v) is 9.07. The molecule has 0 aromatic heterocycles. The normalized spacial score (nSPS) is 10.6. The molecule has 0 unspecified atom stereocenters. The summed E-state index contributed by atoms with van der Waals surface area (Å²) < 4.78 is 11.4. The smallest absolute Gasteiger partial charge is 0.122 e. The summed E-state index contributed by atoms with van der Waals surface area (Å²) in [7, 11) is 1.64. The van der Waals surface area contributed by atoms with Crippen LogP contribution in [0.25, 0.3) is 0 Å². The van der Waals surface area contributed by atoms with Crippen molar-refractivity contribution in [3.63, 3.8) is 0 Å². The third-order valence-electron chi connectivity index (χ3n) is 3.93. The van der Waals surface area contributed by atoms with Crippen LogP contribution in [0.2, 0.25) is 0 Å². The van der Waals surface area contributed by atoms with Crippen molar-refractivity contribution in [3.8, 4) is 11.5 Å². The SMILES string of the molecule is C/N=N/c1ccc(OCCOc2ccc(NNc3ccc(C)cc3)cc2)cc1. The molecule has 3 rings (SSSR count). The molecule has 0 bridgehead atoms. The standard InChI is InChI=1S/C22H24N4O2/c1-17-3-5-19(6-4-17)25-26-20-9-13-22(14-10-20)28-16-15-27-21-11-7-18(8-12-21)24-23-2/h3-14,25-26H,15-16H2,1-2H3/b24-23+. The molecule has 2 N–H and O–H groups in total. The van der Waals surface area contributed by atoms with Crippen LogP contribution in [-0.2, 0) is 0 Å². The Bertz CT molecular complexity index is 876. The number of hydrazine groups is 1. The second-order valence-corrected chi connectivity index (χ2v) is 6.13. The van der Waals surface area contributed by atoms with Crippen LogP contribution in [0.5, 0.6) is 11.5 Å². The molecule has 6 nitrogen and oxygen atoms in total. The van der Waals surface area contributed by atoms with E-state index in [1.54, 1.807) is 7.05 Å². The number of nitrogens with one attached hydrogen (secondary N) is 2. The van der Waals surface area contributed by atoms with Crippen LogP contribution < -0.4 is 20.3 Å². The van der Waals surface area contributed by atoms with Gasteiger partial charge in [-0.1, -0.05) is 17.7 Å². The highest BCUT2D eigenvalue weighted by molar-refractivity contribution is 5.53. The van der Waals surface area contributed by atoms with Crippen LogP contribution in [0.15, 0.2) is 83.0 Å². The van der Waals surface area contributed by atoms with Crippen LogP contribution in [-0.4, -0.2) is 20.3 Å². The number of ether oxygens (including phenoxy) is 2. The minimum absolute atomic E-state index is 0.462. The third-order valence-corrected chi connectivity index (χ3v) is 3.93. The number of hydrogen-bond donors (Lipinski definition) is 2. The van der Waals surface area contributed by atoms with Crippen LogP contribution in [0.1, 0.15) is 5.56 Å². The zero-order valence-electron chi connectivity index (χ0n) is 16.1. The van der Waals surface area contributed by atoms with Crippen molar-refractivity contribution in [1.82, 2.24) is 0 Å². The predicted molar refractivity (Wildman–Crippen MR) is 113 cm³/mol. The molecule has 0 saturated carbocycles. The highest BCUT2D eigenvalue weighted by atomic mass is 16.5. The van der Waals surface area contributed by atoms with E-state index in [0.29, 0.717) is 13.2 Å². The summed E-state index contributed by atoms with van der Waals surface area (Å²) in [6.45, 7) is 2.99. The summed E-state index contributed by atoms with van der Waals surface area (Å²) in [5, 5.41) is 7.70. The third kappa shape index (κ3) is 6.02. The van der Waals surface area contributed by atoms with E-state index >= 15 is 0 Å². The summed E-state index contributed by atoms with van der Waals surface area (Å²) in [5.74, 6) is 1.57. The van der Waals surface area contributed by atoms with E-state index in [4.69, 9.17) is 9.47 Å². The van der Waals surface area contributed by atoms with Crippen molar-refractivity contribution in [3.05, 3.63) is 78.4 Å². The predicted octanol–water partition coefficient (Wildman–Crippen LogP) is 5.61. The number of rotatable bonds is 9. The van der Waals surface area contributed by atoms with E-state index in [1.807, 2.05) is 60.7 Å². The molecule has 0 aliphatic carbocycles. The first-order chi connectivity index (χ1) is 13.7. The largest absolute Gasteiger partial charge is 0.490 e. The molecule has 0 fully saturated rings. The second-order valence-electron chi connectivity index (χ2n) is 6.13. The fourth-order valence-electron chi connectivity index (χ4n) is 2.46. The Balaban J connectivity index is 1.38. The van der Waals surface area contributed by atoms with Crippen molar-refractivity contribution >= 4 is 17.1 Å². The van der Waals surface area contributed by atoms with E-state index < -0.39 is 0 Å². The summed E-state index contributed by atoms with van der Waals surface area (Å²) in [6, 6.07) is 23.4. The lowest BCUT2D eigenvalue weighted by Gasteiger charge is -2.11. The van der Waals surface area contributed by atoms with Gasteiger partial charge in [0.1, 0.15) is 24.7 Å². The van der Waals surface area contributed by atoms with Gasteiger partial charge in [0.2, 0.25) is 0 Å². The number of anilines is 2. The maximum absolute atomic E-state index is 5.71. The average Bonchev–Trinajstić information content (AvgIpc) is 2.73. The van der Waals surface area contributed by atoms with Crippen molar-refractivity contribution in [2.75, 3.05) is 31.1 Å². The topological polar surface area (TPSA) is 67.2 Å². The molecule has 0 aliphatic rings. The zero-order valence-corrected chi connectivity index (χ0v) is 16.1. The van der Waals surface area contributed by atoms with E-state index in [-0.39, 0.29) is 0 Å². The Labute approximate surface area is 165 Å². The van der Waals surface area contributed by atoms with Gasteiger partial charge < -0.3 is 20.3 Å². The Hall–Kier alpha value is -3.54. The Kier molecular flexibility index (Phi) is 6.84. The first kappa shape index (κ1) is 19.2. The maximum atomic E-state index is 5.71. The van der Waals surface area contributed by atoms with E-state index in [0.717, 1.165) is 28.6 Å². The first-order valence-electron chi connectivity index (χ1n) is 9.07. The molecular weight excluding hydrogens is 352 g/mol. The lowest BCUT2D eigenvalue weighted by Crippen LogP contribution is -2.10. The van der Waals surface area contributed by atoms with E-state index in [9.17, 15) is 0 Å². The molecule has 144 valence electrons. The fourth-order valence-corrected chi connectivity index (χ4v) is 2.46. The number of azo groups is 1. The van der Waals surface area contributed by atoms with Crippen molar-refractivity contribution in [2.45, 2.75) is 6.92 Å². The minimum atomic E-state index is 0.462. The molecular formula is C22H24N4O2. The number of nitrogens with zero attached hydrogens (tertiary/aromatic N) is 2. The molecule has 3 aromatic rings. The van der Waals surface area contributed by atoms with Crippen molar-refractivity contribution < 1.29 is 9.47 Å². The average molecular weight is 376 g/mol. The second kappa shape index (κ2) is 9.97. The summed E-state index contributed by atoms with van der Waals surface area (Å²) in [6.07, 6.45) is 0. The summed E-state index contributed by atoms with van der Waals surface area (Å²) in [4.78, 5) is 0. The van der Waals surface area contributed by atoms with Gasteiger partial charge in [-0.05, 0) is 67.6 Å². The van der Waals surface area contributed by atoms with Gasteiger partial charge in [0.15, 0.2) is 0 Å². The molecule has 3 aromatic carbocycles. The van der Waals surface area contributed by atoms with Gasteiger partial charge >= 0.3 is 0 Å². The van der Waals surface area contributed by atoms with Crippen molar-refractivity contribution in [1.29, 1.82) is 0 Å². The number of hydrogen-bond acceptors (Lipinski definition) is 6. The lowest BCUT2D eigenvalue weighted by molar-refractivity contribution is 0.217. The van der Waals surface area contributed by atoms with Gasteiger partial charge in [-0.15, -0.1) is 0 Å². The van der Waals surface area contributed by atoms with Gasteiger partial charge in [-0.2, -0.15) is 10.2 Å². The summed E-state index contributed by atoms with van der Waals surface area (Å²) >= 11 is 0. The maximum Gasteiger partial charge on any atom is 0.122 e.